The molecule has 0 amide bonds. The quantitative estimate of drug-likeness (QED) is 0.510. The Morgan fingerprint density at radius 2 is 1.28 bits per heavy atom. The summed E-state index contributed by atoms with van der Waals surface area (Å²) in [5, 5.41) is 0. The highest BCUT2D eigenvalue weighted by molar-refractivity contribution is 5.71. The molecule has 0 N–H and O–H groups in total. The van der Waals surface area contributed by atoms with Crippen molar-refractivity contribution in [3.05, 3.63) is 77.9 Å². The second-order valence-corrected chi connectivity index (χ2v) is 5.58. The molecule has 0 aromatic heterocycles. The number of halogens is 4. The van der Waals surface area contributed by atoms with E-state index in [0.29, 0.717) is 16.7 Å². The Balaban J connectivity index is 1.92. The Morgan fingerprint density at radius 1 is 0.720 bits per heavy atom. The number of alkyl halides is 2. The fourth-order valence-electron chi connectivity index (χ4n) is 2.53. The van der Waals surface area contributed by atoms with E-state index < -0.39 is 24.0 Å². The molecule has 3 aromatic carbocycles. The van der Waals surface area contributed by atoms with Gasteiger partial charge < -0.3 is 4.74 Å². The molecule has 3 aromatic rings. The molecule has 0 bridgehead atoms. The van der Waals surface area contributed by atoms with Crippen LogP contribution in [0.2, 0.25) is 0 Å². The highest BCUT2D eigenvalue weighted by atomic mass is 19.3. The van der Waals surface area contributed by atoms with Crippen LogP contribution >= 0.6 is 0 Å². The van der Waals surface area contributed by atoms with E-state index in [2.05, 4.69) is 4.74 Å². The topological polar surface area (TPSA) is 9.23 Å². The van der Waals surface area contributed by atoms with Crippen LogP contribution in [0, 0.1) is 18.6 Å². The van der Waals surface area contributed by atoms with Crippen LogP contribution in [-0.2, 0) is 0 Å². The van der Waals surface area contributed by atoms with E-state index in [1.807, 2.05) is 31.2 Å². The summed E-state index contributed by atoms with van der Waals surface area (Å²) in [5.41, 5.74) is 3.05. The summed E-state index contributed by atoms with van der Waals surface area (Å²) in [6.07, 6.45) is 0. The van der Waals surface area contributed by atoms with Crippen LogP contribution < -0.4 is 4.74 Å². The van der Waals surface area contributed by atoms with Crippen molar-refractivity contribution >= 4 is 0 Å². The van der Waals surface area contributed by atoms with Crippen molar-refractivity contribution < 1.29 is 22.3 Å². The number of rotatable bonds is 4. The van der Waals surface area contributed by atoms with Gasteiger partial charge >= 0.3 is 6.61 Å². The molecule has 25 heavy (non-hydrogen) atoms. The predicted molar refractivity (Wildman–Crippen MR) is 88.6 cm³/mol. The number of ether oxygens (including phenoxy) is 1. The lowest BCUT2D eigenvalue weighted by molar-refractivity contribution is -0.0521. The van der Waals surface area contributed by atoms with E-state index in [4.69, 9.17) is 0 Å². The Bertz CT molecular complexity index is 889. The van der Waals surface area contributed by atoms with Crippen molar-refractivity contribution in [3.8, 4) is 28.0 Å². The maximum atomic E-state index is 14.5. The number of benzene rings is 3. The van der Waals surface area contributed by atoms with Crippen LogP contribution in [0.3, 0.4) is 0 Å². The van der Waals surface area contributed by atoms with Gasteiger partial charge in [-0.05, 0) is 41.8 Å². The highest BCUT2D eigenvalue weighted by Crippen LogP contribution is 2.30. The summed E-state index contributed by atoms with van der Waals surface area (Å²) in [4.78, 5) is 0. The van der Waals surface area contributed by atoms with Crippen LogP contribution in [0.25, 0.3) is 22.3 Å². The standard InChI is InChI=1S/C20H14F4O/c1-12-2-4-13(5-3-12)16-8-6-14(10-17(16)21)15-7-9-19(18(22)11-15)25-20(23)24/h2-11,20H,1H3. The van der Waals surface area contributed by atoms with Gasteiger partial charge in [-0.25, -0.2) is 8.78 Å². The van der Waals surface area contributed by atoms with Crippen LogP contribution in [0.15, 0.2) is 60.7 Å². The molecule has 0 aliphatic carbocycles. The van der Waals surface area contributed by atoms with E-state index in [1.165, 1.54) is 12.1 Å². The molecule has 3 rings (SSSR count). The molecule has 0 radical (unpaired) electrons. The van der Waals surface area contributed by atoms with Crippen molar-refractivity contribution in [1.82, 2.24) is 0 Å². The molecule has 0 saturated heterocycles. The molecule has 0 fully saturated rings. The van der Waals surface area contributed by atoms with E-state index in [1.54, 1.807) is 12.1 Å². The van der Waals surface area contributed by atoms with Gasteiger partial charge in [0.2, 0.25) is 0 Å². The van der Waals surface area contributed by atoms with Crippen LogP contribution in [-0.4, -0.2) is 6.61 Å². The van der Waals surface area contributed by atoms with Crippen molar-refractivity contribution in [2.45, 2.75) is 13.5 Å². The van der Waals surface area contributed by atoms with Crippen molar-refractivity contribution in [2.24, 2.45) is 0 Å². The summed E-state index contributed by atoms with van der Waals surface area (Å²) in [6.45, 7) is -1.16. The summed E-state index contributed by atoms with van der Waals surface area (Å²) >= 11 is 0. The Hall–Kier alpha value is -2.82. The summed E-state index contributed by atoms with van der Waals surface area (Å²) in [5.74, 6) is -1.93. The predicted octanol–water partition coefficient (Wildman–Crippen LogP) is 6.21. The molecule has 0 atom stereocenters. The average Bonchev–Trinajstić information content (AvgIpc) is 2.57. The second-order valence-electron chi connectivity index (χ2n) is 5.58. The van der Waals surface area contributed by atoms with Crippen molar-refractivity contribution in [1.29, 1.82) is 0 Å². The third kappa shape index (κ3) is 3.82. The van der Waals surface area contributed by atoms with Gasteiger partial charge in [-0.3, -0.25) is 0 Å². The fourth-order valence-corrected chi connectivity index (χ4v) is 2.53. The van der Waals surface area contributed by atoms with Gasteiger partial charge in [0.05, 0.1) is 0 Å². The lowest BCUT2D eigenvalue weighted by Gasteiger charge is -2.10. The normalized spacial score (nSPS) is 11.0. The van der Waals surface area contributed by atoms with E-state index >= 15 is 0 Å². The second kappa shape index (κ2) is 6.97. The largest absolute Gasteiger partial charge is 0.432 e. The molecule has 0 saturated carbocycles. The average molecular weight is 346 g/mol. The van der Waals surface area contributed by atoms with Gasteiger partial charge in [0, 0.05) is 5.56 Å². The molecule has 0 heterocycles. The van der Waals surface area contributed by atoms with Crippen LogP contribution in [0.4, 0.5) is 17.6 Å². The Morgan fingerprint density at radius 3 is 1.84 bits per heavy atom. The zero-order valence-electron chi connectivity index (χ0n) is 13.3. The minimum atomic E-state index is -3.11. The third-order valence-electron chi connectivity index (χ3n) is 3.81. The highest BCUT2D eigenvalue weighted by Gasteiger charge is 2.12. The Kier molecular flexibility index (Phi) is 4.74. The summed E-state index contributed by atoms with van der Waals surface area (Å²) in [7, 11) is 0. The molecule has 128 valence electrons. The fraction of sp³-hybridized carbons (Fsp3) is 0.100. The zero-order chi connectivity index (χ0) is 18.0. The first-order valence-corrected chi connectivity index (χ1v) is 7.55. The minimum Gasteiger partial charge on any atom is -0.432 e. The number of hydrogen-bond acceptors (Lipinski definition) is 1. The number of hydrogen-bond donors (Lipinski definition) is 0. The lowest BCUT2D eigenvalue weighted by atomic mass is 9.99. The Labute approximate surface area is 142 Å². The molecular weight excluding hydrogens is 332 g/mol. The SMILES string of the molecule is Cc1ccc(-c2ccc(-c3ccc(OC(F)F)c(F)c3)cc2F)cc1. The van der Waals surface area contributed by atoms with E-state index in [-0.39, 0.29) is 0 Å². The monoisotopic (exact) mass is 346 g/mol. The maximum Gasteiger partial charge on any atom is 0.387 e. The first kappa shape index (κ1) is 17.0. The van der Waals surface area contributed by atoms with Crippen molar-refractivity contribution in [3.63, 3.8) is 0 Å². The van der Waals surface area contributed by atoms with Gasteiger partial charge in [0.15, 0.2) is 11.6 Å². The molecule has 0 unspecified atom stereocenters. The first-order chi connectivity index (χ1) is 11.9. The van der Waals surface area contributed by atoms with Gasteiger partial charge in [-0.15, -0.1) is 0 Å². The van der Waals surface area contributed by atoms with Crippen LogP contribution in [0.1, 0.15) is 5.56 Å². The molecule has 5 heteroatoms. The molecule has 1 nitrogen and oxygen atoms in total. The van der Waals surface area contributed by atoms with E-state index in [0.717, 1.165) is 23.3 Å². The molecule has 0 aliphatic heterocycles. The van der Waals surface area contributed by atoms with Crippen molar-refractivity contribution in [2.75, 3.05) is 0 Å². The third-order valence-corrected chi connectivity index (χ3v) is 3.81. The first-order valence-electron chi connectivity index (χ1n) is 7.55. The van der Waals surface area contributed by atoms with Crippen LogP contribution in [0.5, 0.6) is 5.75 Å². The van der Waals surface area contributed by atoms with Gasteiger partial charge in [0.1, 0.15) is 5.82 Å². The van der Waals surface area contributed by atoms with E-state index in [9.17, 15) is 17.6 Å². The summed E-state index contributed by atoms with van der Waals surface area (Å²) in [6, 6.07) is 15.5. The molecule has 0 spiro atoms. The lowest BCUT2D eigenvalue weighted by Crippen LogP contribution is -2.03. The molecule has 0 aliphatic rings. The summed E-state index contributed by atoms with van der Waals surface area (Å²) < 4.78 is 56.7. The smallest absolute Gasteiger partial charge is 0.387 e. The van der Waals surface area contributed by atoms with Gasteiger partial charge in [-0.1, -0.05) is 48.0 Å². The minimum absolute atomic E-state index is 0.369. The number of aryl methyl sites for hydroxylation is 1. The maximum absolute atomic E-state index is 14.5. The molecular formula is C20H14F4O. The van der Waals surface area contributed by atoms with Gasteiger partial charge in [0.25, 0.3) is 0 Å². The van der Waals surface area contributed by atoms with Gasteiger partial charge in [-0.2, -0.15) is 8.78 Å². The zero-order valence-corrected chi connectivity index (χ0v) is 13.3.